The van der Waals surface area contributed by atoms with Crippen LogP contribution in [0.15, 0.2) is 12.4 Å². The van der Waals surface area contributed by atoms with Gasteiger partial charge in [0, 0.05) is 19.1 Å². The van der Waals surface area contributed by atoms with Crippen LogP contribution in [0.2, 0.25) is 0 Å². The second kappa shape index (κ2) is 5.82. The van der Waals surface area contributed by atoms with E-state index in [1.807, 2.05) is 0 Å². The van der Waals surface area contributed by atoms with Gasteiger partial charge in [-0.15, -0.1) is 0 Å². The number of rotatable bonds is 5. The van der Waals surface area contributed by atoms with Crippen LogP contribution in [0.25, 0.3) is 0 Å². The van der Waals surface area contributed by atoms with Crippen LogP contribution in [-0.2, 0) is 0 Å². The van der Waals surface area contributed by atoms with Crippen molar-refractivity contribution < 1.29 is 0 Å². The van der Waals surface area contributed by atoms with E-state index >= 15 is 0 Å². The van der Waals surface area contributed by atoms with Crippen molar-refractivity contribution in [2.45, 2.75) is 31.7 Å². The summed E-state index contributed by atoms with van der Waals surface area (Å²) in [6, 6.07) is 0.767. The molecule has 0 aromatic carbocycles. The molecule has 1 aromatic heterocycles. The highest BCUT2D eigenvalue weighted by Crippen LogP contribution is 2.21. The highest BCUT2D eigenvalue weighted by Gasteiger charge is 2.18. The van der Waals surface area contributed by atoms with Crippen LogP contribution in [0.4, 0.5) is 11.6 Å². The minimum Gasteiger partial charge on any atom is -0.382 e. The van der Waals surface area contributed by atoms with Crippen molar-refractivity contribution in [3.8, 4) is 0 Å². The summed E-state index contributed by atoms with van der Waals surface area (Å²) in [6.45, 7) is 1.91. The molecule has 0 bridgehead atoms. The Morgan fingerprint density at radius 2 is 2.18 bits per heavy atom. The van der Waals surface area contributed by atoms with E-state index in [9.17, 15) is 0 Å². The average molecular weight is 235 g/mol. The molecule has 5 heteroatoms. The lowest BCUT2D eigenvalue weighted by Crippen LogP contribution is -2.33. The van der Waals surface area contributed by atoms with Gasteiger partial charge in [-0.2, -0.15) is 0 Å². The molecule has 0 saturated heterocycles. The van der Waals surface area contributed by atoms with E-state index in [2.05, 4.69) is 27.2 Å². The smallest absolute Gasteiger partial charge is 0.146 e. The third-order valence-corrected chi connectivity index (χ3v) is 3.37. The number of nitrogens with one attached hydrogen (secondary N) is 1. The average Bonchev–Trinajstić information content (AvgIpc) is 2.82. The molecular formula is C12H21N5. The summed E-state index contributed by atoms with van der Waals surface area (Å²) in [6.07, 6.45) is 8.69. The van der Waals surface area contributed by atoms with E-state index in [-0.39, 0.29) is 0 Å². The Morgan fingerprint density at radius 3 is 2.88 bits per heavy atom. The van der Waals surface area contributed by atoms with Crippen LogP contribution in [0.1, 0.15) is 25.7 Å². The molecule has 2 rings (SSSR count). The minimum absolute atomic E-state index is 0.458. The monoisotopic (exact) mass is 235 g/mol. The number of nitrogens with zero attached hydrogens (tertiary/aromatic N) is 3. The first-order valence-corrected chi connectivity index (χ1v) is 6.27. The fraction of sp³-hybridized carbons (Fsp3) is 0.667. The van der Waals surface area contributed by atoms with Crippen LogP contribution in [0.5, 0.6) is 0 Å². The first-order chi connectivity index (χ1) is 8.25. The maximum absolute atomic E-state index is 5.57. The van der Waals surface area contributed by atoms with Gasteiger partial charge in [0.25, 0.3) is 0 Å². The SMILES string of the molecule is CN(CCNc1cncc(N)n1)C1CCCC1. The van der Waals surface area contributed by atoms with E-state index in [0.717, 1.165) is 24.9 Å². The van der Waals surface area contributed by atoms with Gasteiger partial charge in [-0.05, 0) is 19.9 Å². The van der Waals surface area contributed by atoms with E-state index in [4.69, 9.17) is 5.73 Å². The maximum atomic E-state index is 5.57. The topological polar surface area (TPSA) is 67.1 Å². The number of anilines is 2. The van der Waals surface area contributed by atoms with Crippen LogP contribution >= 0.6 is 0 Å². The van der Waals surface area contributed by atoms with E-state index in [1.165, 1.54) is 25.7 Å². The molecule has 0 spiro atoms. The summed E-state index contributed by atoms with van der Waals surface area (Å²) in [4.78, 5) is 10.6. The highest BCUT2D eigenvalue weighted by atomic mass is 15.2. The van der Waals surface area contributed by atoms with Crippen molar-refractivity contribution in [3.05, 3.63) is 12.4 Å². The molecule has 1 aliphatic carbocycles. The van der Waals surface area contributed by atoms with Gasteiger partial charge >= 0.3 is 0 Å². The normalized spacial score (nSPS) is 16.6. The Balaban J connectivity index is 1.71. The largest absolute Gasteiger partial charge is 0.382 e. The summed E-state index contributed by atoms with van der Waals surface area (Å²) in [7, 11) is 2.20. The molecular weight excluding hydrogens is 214 g/mol. The molecule has 5 nitrogen and oxygen atoms in total. The molecule has 17 heavy (non-hydrogen) atoms. The lowest BCUT2D eigenvalue weighted by molar-refractivity contribution is 0.254. The molecule has 0 unspecified atom stereocenters. The highest BCUT2D eigenvalue weighted by molar-refractivity contribution is 5.38. The Hall–Kier alpha value is -1.36. The van der Waals surface area contributed by atoms with Gasteiger partial charge in [0.2, 0.25) is 0 Å². The third-order valence-electron chi connectivity index (χ3n) is 3.37. The number of nitrogen functional groups attached to an aromatic ring is 1. The molecule has 1 fully saturated rings. The molecule has 1 heterocycles. The first-order valence-electron chi connectivity index (χ1n) is 6.27. The summed E-state index contributed by atoms with van der Waals surface area (Å²) in [5, 5.41) is 3.24. The number of aromatic nitrogens is 2. The maximum Gasteiger partial charge on any atom is 0.146 e. The van der Waals surface area contributed by atoms with Crippen molar-refractivity contribution >= 4 is 11.6 Å². The van der Waals surface area contributed by atoms with E-state index < -0.39 is 0 Å². The van der Waals surface area contributed by atoms with Crippen molar-refractivity contribution in [1.29, 1.82) is 0 Å². The lowest BCUT2D eigenvalue weighted by Gasteiger charge is -2.23. The van der Waals surface area contributed by atoms with Gasteiger partial charge in [-0.25, -0.2) is 4.98 Å². The minimum atomic E-state index is 0.458. The lowest BCUT2D eigenvalue weighted by atomic mass is 10.2. The Kier molecular flexibility index (Phi) is 4.14. The quantitative estimate of drug-likeness (QED) is 0.806. The summed E-state index contributed by atoms with van der Waals surface area (Å²) in [5.74, 6) is 1.21. The molecule has 1 aliphatic rings. The Bertz CT molecular complexity index is 349. The molecule has 1 aromatic rings. The van der Waals surface area contributed by atoms with Crippen LogP contribution in [0.3, 0.4) is 0 Å². The standard InChI is InChI=1S/C12H21N5/c1-17(10-4-2-3-5-10)7-6-15-12-9-14-8-11(13)16-12/h8-10H,2-7H2,1H3,(H3,13,15,16). The molecule has 0 atom stereocenters. The fourth-order valence-electron chi connectivity index (χ4n) is 2.35. The number of nitrogens with two attached hydrogens (primary N) is 1. The fourth-order valence-corrected chi connectivity index (χ4v) is 2.35. The zero-order valence-electron chi connectivity index (χ0n) is 10.4. The van der Waals surface area contributed by atoms with Gasteiger partial charge in [0.1, 0.15) is 11.6 Å². The van der Waals surface area contributed by atoms with E-state index in [1.54, 1.807) is 12.4 Å². The molecule has 0 radical (unpaired) electrons. The van der Waals surface area contributed by atoms with Crippen LogP contribution < -0.4 is 11.1 Å². The second-order valence-corrected chi connectivity index (χ2v) is 4.67. The number of hydrogen-bond acceptors (Lipinski definition) is 5. The van der Waals surface area contributed by atoms with Crippen molar-refractivity contribution in [3.63, 3.8) is 0 Å². The third kappa shape index (κ3) is 3.56. The first kappa shape index (κ1) is 12.1. The van der Waals surface area contributed by atoms with Crippen LogP contribution in [0, 0.1) is 0 Å². The molecule has 0 amide bonds. The number of hydrogen-bond donors (Lipinski definition) is 2. The molecule has 1 saturated carbocycles. The zero-order chi connectivity index (χ0) is 12.1. The second-order valence-electron chi connectivity index (χ2n) is 4.67. The summed E-state index contributed by atoms with van der Waals surface area (Å²) in [5.41, 5.74) is 5.57. The Morgan fingerprint density at radius 1 is 1.41 bits per heavy atom. The van der Waals surface area contributed by atoms with Gasteiger partial charge in [-0.1, -0.05) is 12.8 Å². The van der Waals surface area contributed by atoms with Crippen molar-refractivity contribution in [2.24, 2.45) is 0 Å². The zero-order valence-corrected chi connectivity index (χ0v) is 10.4. The van der Waals surface area contributed by atoms with Crippen LogP contribution in [-0.4, -0.2) is 41.0 Å². The predicted molar refractivity (Wildman–Crippen MR) is 69.8 cm³/mol. The van der Waals surface area contributed by atoms with Gasteiger partial charge in [0.15, 0.2) is 0 Å². The molecule has 94 valence electrons. The van der Waals surface area contributed by atoms with Crippen molar-refractivity contribution in [2.75, 3.05) is 31.2 Å². The Labute approximate surface area is 102 Å². The summed E-state index contributed by atoms with van der Waals surface area (Å²) < 4.78 is 0. The number of likely N-dealkylation sites (N-methyl/N-ethyl adjacent to an activating group) is 1. The van der Waals surface area contributed by atoms with Gasteiger partial charge in [-0.3, -0.25) is 4.98 Å². The van der Waals surface area contributed by atoms with Gasteiger partial charge in [0.05, 0.1) is 12.4 Å². The van der Waals surface area contributed by atoms with Crippen molar-refractivity contribution in [1.82, 2.24) is 14.9 Å². The molecule has 3 N–H and O–H groups in total. The van der Waals surface area contributed by atoms with E-state index in [0.29, 0.717) is 5.82 Å². The van der Waals surface area contributed by atoms with Gasteiger partial charge < -0.3 is 16.0 Å². The predicted octanol–water partition coefficient (Wildman–Crippen LogP) is 1.35. The molecule has 0 aliphatic heterocycles. The summed E-state index contributed by atoms with van der Waals surface area (Å²) >= 11 is 0.